The fourth-order valence-corrected chi connectivity index (χ4v) is 5.50. The highest BCUT2D eigenvalue weighted by atomic mass is 19.3. The number of halogens is 2. The number of carbonyl (C=O) groups excluding carboxylic acids is 2. The summed E-state index contributed by atoms with van der Waals surface area (Å²) in [6.07, 6.45) is 2.33. The number of carbonyl (C=O) groups is 3. The van der Waals surface area contributed by atoms with Gasteiger partial charge >= 0.3 is 12.0 Å². The summed E-state index contributed by atoms with van der Waals surface area (Å²) in [4.78, 5) is 48.7. The number of fused-ring (bicyclic) bond motifs is 1. The molecule has 2 fully saturated rings. The minimum atomic E-state index is -3.59. The molecule has 5 rings (SSSR count). The number of alkyl halides is 2. The minimum Gasteiger partial charge on any atom is -0.495 e. The van der Waals surface area contributed by atoms with Gasteiger partial charge in [-0.1, -0.05) is 12.8 Å². The van der Waals surface area contributed by atoms with Crippen LogP contribution in [0.25, 0.3) is 0 Å². The van der Waals surface area contributed by atoms with Crippen LogP contribution in [0.2, 0.25) is 0 Å². The second kappa shape index (κ2) is 11.0. The number of hydrogen-bond donors (Lipinski definition) is 4. The van der Waals surface area contributed by atoms with Crippen LogP contribution >= 0.6 is 0 Å². The molecular weight excluding hydrogens is 544 g/mol. The first-order chi connectivity index (χ1) is 19.5. The van der Waals surface area contributed by atoms with Crippen LogP contribution in [0.3, 0.4) is 0 Å². The average Bonchev–Trinajstić information content (AvgIpc) is 3.60. The molecule has 1 aromatic carbocycles. The highest BCUT2D eigenvalue weighted by Crippen LogP contribution is 2.40. The zero-order valence-corrected chi connectivity index (χ0v) is 22.5. The van der Waals surface area contributed by atoms with Crippen molar-refractivity contribution in [2.24, 2.45) is 0 Å². The molecule has 4 N–H and O–H groups in total. The van der Waals surface area contributed by atoms with E-state index in [1.165, 1.54) is 37.4 Å². The van der Waals surface area contributed by atoms with Crippen LogP contribution in [0.5, 0.6) is 5.75 Å². The predicted molar refractivity (Wildman–Crippen MR) is 143 cm³/mol. The Hall–Kier alpha value is -4.27. The fourth-order valence-electron chi connectivity index (χ4n) is 5.50. The number of carboxylic acid groups (broad SMARTS) is 1. The number of benzene rings is 1. The average molecular weight is 576 g/mol. The normalized spacial score (nSPS) is 22.4. The zero-order valence-electron chi connectivity index (χ0n) is 22.5. The number of amides is 3. The van der Waals surface area contributed by atoms with Gasteiger partial charge in [-0.15, -0.1) is 0 Å². The first-order valence-electron chi connectivity index (χ1n) is 13.2. The number of likely N-dealkylation sites (tertiary alicyclic amines) is 1. The van der Waals surface area contributed by atoms with Crippen LogP contribution in [-0.2, 0) is 4.79 Å². The highest BCUT2D eigenvalue weighted by Gasteiger charge is 2.48. The van der Waals surface area contributed by atoms with E-state index in [9.17, 15) is 28.3 Å². The van der Waals surface area contributed by atoms with E-state index in [0.717, 1.165) is 22.6 Å². The minimum absolute atomic E-state index is 0.0424. The molecule has 3 amide bonds. The molecule has 1 saturated carbocycles. The van der Waals surface area contributed by atoms with Crippen molar-refractivity contribution in [2.45, 2.75) is 49.8 Å². The number of nitrogens with zero attached hydrogens (tertiary/aromatic N) is 5. The molecule has 1 aromatic heterocycles. The Morgan fingerprint density at radius 3 is 2.59 bits per heavy atom. The van der Waals surface area contributed by atoms with Gasteiger partial charge in [-0.2, -0.15) is 13.8 Å². The number of aromatic nitrogens is 2. The summed E-state index contributed by atoms with van der Waals surface area (Å²) in [6, 6.07) is 3.55. The van der Waals surface area contributed by atoms with Gasteiger partial charge in [0.05, 0.1) is 44.2 Å². The molecule has 1 aliphatic carbocycles. The lowest BCUT2D eigenvalue weighted by atomic mass is 10.1. The monoisotopic (exact) mass is 575 g/mol. The van der Waals surface area contributed by atoms with Crippen molar-refractivity contribution in [3.8, 4) is 5.75 Å². The quantitative estimate of drug-likeness (QED) is 0.401. The molecule has 2 aromatic rings. The molecule has 1 saturated heterocycles. The first-order valence-corrected chi connectivity index (χ1v) is 13.2. The molecule has 2 atom stereocenters. The maximum absolute atomic E-state index is 14.8. The summed E-state index contributed by atoms with van der Waals surface area (Å²) in [6.45, 7) is -0.927. The summed E-state index contributed by atoms with van der Waals surface area (Å²) in [5, 5.41) is 24.9. The third-order valence-electron chi connectivity index (χ3n) is 7.72. The van der Waals surface area contributed by atoms with Crippen molar-refractivity contribution < 1.29 is 38.1 Å². The molecule has 13 nitrogen and oxygen atoms in total. The Morgan fingerprint density at radius 2 is 1.93 bits per heavy atom. The van der Waals surface area contributed by atoms with Gasteiger partial charge in [0, 0.05) is 25.2 Å². The largest absolute Gasteiger partial charge is 0.495 e. The van der Waals surface area contributed by atoms with E-state index in [-0.39, 0.29) is 47.9 Å². The summed E-state index contributed by atoms with van der Waals surface area (Å²) in [7, 11) is 2.68. The second-order valence-corrected chi connectivity index (χ2v) is 10.4. The highest BCUT2D eigenvalue weighted by molar-refractivity contribution is 6.02. The molecular formula is C26H31F2N7O6. The third-order valence-corrected chi connectivity index (χ3v) is 7.72. The standard InChI is InChI=1S/C26H31F2N7O6/c1-33-18-10-29-24(32-21(18)35(15-5-3-4-6-15)13-26(27,28)23(33)38)31-16-8-7-14(9-20(16)41-2)22(37)30-17-11-34(25(39)40)12-19(17)36/h7-10,15,17,19,36H,3-6,11-13H2,1-2H3,(H,30,37)(H,39,40)(H,29,31,32)/t17-,19-/m1/s1. The number of ether oxygens (including phenoxy) is 1. The van der Waals surface area contributed by atoms with E-state index in [1.807, 2.05) is 0 Å². The number of aliphatic hydroxyl groups excluding tert-OH is 1. The molecule has 2 aliphatic heterocycles. The number of rotatable bonds is 6. The molecule has 3 aliphatic rings. The van der Waals surface area contributed by atoms with Crippen LogP contribution < -0.4 is 25.2 Å². The van der Waals surface area contributed by atoms with Gasteiger partial charge in [-0.25, -0.2) is 9.78 Å². The van der Waals surface area contributed by atoms with Gasteiger partial charge < -0.3 is 40.3 Å². The van der Waals surface area contributed by atoms with E-state index in [2.05, 4.69) is 20.6 Å². The Kier molecular flexibility index (Phi) is 7.55. The Labute approximate surface area is 234 Å². The zero-order chi connectivity index (χ0) is 29.5. The summed E-state index contributed by atoms with van der Waals surface area (Å²) >= 11 is 0. The number of nitrogens with one attached hydrogen (secondary N) is 2. The van der Waals surface area contributed by atoms with Crippen molar-refractivity contribution in [1.29, 1.82) is 0 Å². The maximum Gasteiger partial charge on any atom is 0.407 e. The van der Waals surface area contributed by atoms with Gasteiger partial charge in [-0.05, 0) is 31.0 Å². The Balaban J connectivity index is 1.38. The van der Waals surface area contributed by atoms with E-state index >= 15 is 0 Å². The van der Waals surface area contributed by atoms with Crippen molar-refractivity contribution in [3.63, 3.8) is 0 Å². The van der Waals surface area contributed by atoms with Crippen LogP contribution in [0, 0.1) is 0 Å². The van der Waals surface area contributed by atoms with Gasteiger partial charge in [-0.3, -0.25) is 9.59 Å². The van der Waals surface area contributed by atoms with Crippen LogP contribution in [-0.4, -0.2) is 101 Å². The molecule has 0 radical (unpaired) electrons. The van der Waals surface area contributed by atoms with E-state index in [4.69, 9.17) is 9.84 Å². The lowest BCUT2D eigenvalue weighted by Crippen LogP contribution is -2.48. The van der Waals surface area contributed by atoms with E-state index in [0.29, 0.717) is 18.5 Å². The number of aliphatic hydroxyl groups is 1. The van der Waals surface area contributed by atoms with Crippen molar-refractivity contribution in [2.75, 3.05) is 48.9 Å². The second-order valence-electron chi connectivity index (χ2n) is 10.4. The smallest absolute Gasteiger partial charge is 0.407 e. The predicted octanol–water partition coefficient (Wildman–Crippen LogP) is 2.04. The SMILES string of the molecule is COc1cc(C(=O)N[C@@H]2CN(C(=O)O)C[C@H]2O)ccc1Nc1ncc2c(n1)N(C1CCCC1)CC(F)(F)C(=O)N2C. The molecule has 3 heterocycles. The van der Waals surface area contributed by atoms with Gasteiger partial charge in [0.15, 0.2) is 5.82 Å². The summed E-state index contributed by atoms with van der Waals surface area (Å²) in [5.74, 6) is -4.89. The molecule has 0 spiro atoms. The molecule has 220 valence electrons. The van der Waals surface area contributed by atoms with Crippen molar-refractivity contribution in [1.82, 2.24) is 20.2 Å². The third kappa shape index (κ3) is 5.53. The number of methoxy groups -OCH3 is 1. The van der Waals surface area contributed by atoms with Crippen LogP contribution in [0.15, 0.2) is 24.4 Å². The fraction of sp³-hybridized carbons (Fsp3) is 0.500. The van der Waals surface area contributed by atoms with Gasteiger partial charge in [0.2, 0.25) is 5.95 Å². The molecule has 15 heteroatoms. The first kappa shape index (κ1) is 28.3. The topological polar surface area (TPSA) is 160 Å². The van der Waals surface area contributed by atoms with Gasteiger partial charge in [0.1, 0.15) is 11.4 Å². The van der Waals surface area contributed by atoms with Crippen LogP contribution in [0.1, 0.15) is 36.0 Å². The number of β-amino-alcohol motifs (C(OH)–C–C–N with tert-alkyl or cyclic N) is 1. The van der Waals surface area contributed by atoms with E-state index < -0.39 is 42.5 Å². The molecule has 41 heavy (non-hydrogen) atoms. The van der Waals surface area contributed by atoms with E-state index in [1.54, 1.807) is 6.07 Å². The lowest BCUT2D eigenvalue weighted by Gasteiger charge is -2.31. The van der Waals surface area contributed by atoms with Gasteiger partial charge in [0.25, 0.3) is 11.8 Å². The number of hydrogen-bond acceptors (Lipinski definition) is 9. The summed E-state index contributed by atoms with van der Waals surface area (Å²) < 4.78 is 35.1. The van der Waals surface area contributed by atoms with Crippen molar-refractivity contribution in [3.05, 3.63) is 30.0 Å². The molecule has 0 unspecified atom stereocenters. The Morgan fingerprint density at radius 1 is 1.20 bits per heavy atom. The number of anilines is 4. The van der Waals surface area contributed by atoms with Crippen molar-refractivity contribution >= 4 is 41.0 Å². The Bertz CT molecular complexity index is 1360. The molecule has 0 bridgehead atoms. The summed E-state index contributed by atoms with van der Waals surface area (Å²) in [5.41, 5.74) is 0.767. The maximum atomic E-state index is 14.8. The van der Waals surface area contributed by atoms with Crippen LogP contribution in [0.4, 0.5) is 36.7 Å². The lowest BCUT2D eigenvalue weighted by molar-refractivity contribution is -0.140.